The predicted octanol–water partition coefficient (Wildman–Crippen LogP) is -0.631. The topological polar surface area (TPSA) is 91.3 Å². The van der Waals surface area contributed by atoms with Crippen LogP contribution in [-0.2, 0) is 16.0 Å². The maximum Gasteiger partial charge on any atom is 0.251 e. The number of rotatable bonds is 4. The van der Waals surface area contributed by atoms with Gasteiger partial charge in [-0.25, -0.2) is 0 Å². The highest BCUT2D eigenvalue weighted by molar-refractivity contribution is 5.94. The predicted molar refractivity (Wildman–Crippen MR) is 86.6 cm³/mol. The highest BCUT2D eigenvalue weighted by Crippen LogP contribution is 2.12. The van der Waals surface area contributed by atoms with E-state index in [1.165, 1.54) is 0 Å². The van der Waals surface area contributed by atoms with Crippen LogP contribution in [0.4, 0.5) is 0 Å². The van der Waals surface area contributed by atoms with Crippen LogP contribution in [0.1, 0.15) is 15.9 Å². The van der Waals surface area contributed by atoms with E-state index in [0.717, 1.165) is 38.4 Å². The molecule has 0 radical (unpaired) electrons. The fourth-order valence-electron chi connectivity index (χ4n) is 2.94. The summed E-state index contributed by atoms with van der Waals surface area (Å²) in [5, 5.41) is 22.2. The second kappa shape index (κ2) is 8.04. The van der Waals surface area contributed by atoms with Crippen molar-refractivity contribution in [1.29, 1.82) is 0 Å². The average molecular weight is 336 g/mol. The van der Waals surface area contributed by atoms with Gasteiger partial charge in [0.05, 0.1) is 32.5 Å². The van der Waals surface area contributed by atoms with Crippen LogP contribution in [0.25, 0.3) is 0 Å². The monoisotopic (exact) mass is 336 g/mol. The van der Waals surface area contributed by atoms with Crippen molar-refractivity contribution in [3.8, 4) is 0 Å². The van der Waals surface area contributed by atoms with Crippen LogP contribution >= 0.6 is 0 Å². The number of ether oxygens (including phenoxy) is 2. The van der Waals surface area contributed by atoms with Crippen molar-refractivity contribution in [2.24, 2.45) is 0 Å². The molecule has 0 unspecified atom stereocenters. The zero-order valence-electron chi connectivity index (χ0n) is 13.6. The Kier molecular flexibility index (Phi) is 5.80. The van der Waals surface area contributed by atoms with Gasteiger partial charge in [0, 0.05) is 25.2 Å². The van der Waals surface area contributed by atoms with Gasteiger partial charge in [-0.05, 0) is 17.7 Å². The summed E-state index contributed by atoms with van der Waals surface area (Å²) in [6, 6.07) is 6.82. The van der Waals surface area contributed by atoms with Crippen LogP contribution in [0.5, 0.6) is 0 Å². The lowest BCUT2D eigenvalue weighted by molar-refractivity contribution is -0.102. The van der Waals surface area contributed by atoms with Crippen LogP contribution in [-0.4, -0.2) is 78.8 Å². The molecule has 0 saturated carbocycles. The van der Waals surface area contributed by atoms with Crippen LogP contribution in [0, 0.1) is 0 Å². The Morgan fingerprint density at radius 3 is 2.54 bits per heavy atom. The number of aliphatic hydroxyl groups excluding tert-OH is 2. The summed E-state index contributed by atoms with van der Waals surface area (Å²) in [6.07, 6.45) is -1.98. The van der Waals surface area contributed by atoms with E-state index < -0.39 is 18.2 Å². The molecule has 0 aromatic heterocycles. The Hall–Kier alpha value is -1.51. The van der Waals surface area contributed by atoms with Crippen LogP contribution in [0.15, 0.2) is 24.3 Å². The Bertz CT molecular complexity index is 544. The molecular weight excluding hydrogens is 312 g/mol. The first-order chi connectivity index (χ1) is 11.6. The second-order valence-electron chi connectivity index (χ2n) is 6.26. The zero-order valence-corrected chi connectivity index (χ0v) is 13.6. The van der Waals surface area contributed by atoms with Gasteiger partial charge < -0.3 is 25.0 Å². The number of amides is 1. The molecule has 0 aliphatic carbocycles. The van der Waals surface area contributed by atoms with E-state index in [4.69, 9.17) is 9.47 Å². The molecule has 2 fully saturated rings. The average Bonchev–Trinajstić information content (AvgIpc) is 2.60. The first-order valence-electron chi connectivity index (χ1n) is 8.27. The molecule has 7 nitrogen and oxygen atoms in total. The third-order valence-electron chi connectivity index (χ3n) is 4.43. The van der Waals surface area contributed by atoms with E-state index in [1.54, 1.807) is 12.1 Å². The number of nitrogens with zero attached hydrogens (tertiary/aromatic N) is 1. The quantitative estimate of drug-likeness (QED) is 0.678. The molecular formula is C17H24N2O5. The number of morpholine rings is 1. The maximum atomic E-state index is 12.3. The molecule has 7 heteroatoms. The smallest absolute Gasteiger partial charge is 0.251 e. The molecule has 3 atom stereocenters. The minimum Gasteiger partial charge on any atom is -0.388 e. The van der Waals surface area contributed by atoms with Gasteiger partial charge in [-0.3, -0.25) is 9.69 Å². The van der Waals surface area contributed by atoms with E-state index in [1.807, 2.05) is 12.1 Å². The highest BCUT2D eigenvalue weighted by atomic mass is 16.5. The van der Waals surface area contributed by atoms with Crippen molar-refractivity contribution in [3.63, 3.8) is 0 Å². The molecule has 0 spiro atoms. The molecule has 1 amide bonds. The minimum absolute atomic E-state index is 0.0871. The van der Waals surface area contributed by atoms with Crippen LogP contribution in [0.3, 0.4) is 0 Å². The van der Waals surface area contributed by atoms with Gasteiger partial charge >= 0.3 is 0 Å². The first kappa shape index (κ1) is 17.3. The number of hydrogen-bond donors (Lipinski definition) is 3. The molecule has 2 aliphatic rings. The van der Waals surface area contributed by atoms with Crippen LogP contribution < -0.4 is 5.32 Å². The van der Waals surface area contributed by atoms with Gasteiger partial charge in [0.2, 0.25) is 0 Å². The summed E-state index contributed by atoms with van der Waals surface area (Å²) in [5.41, 5.74) is 1.66. The molecule has 2 aliphatic heterocycles. The third-order valence-corrected chi connectivity index (χ3v) is 4.43. The minimum atomic E-state index is -1.01. The molecule has 3 N–H and O–H groups in total. The lowest BCUT2D eigenvalue weighted by Crippen LogP contribution is -2.55. The molecule has 132 valence electrons. The van der Waals surface area contributed by atoms with E-state index >= 15 is 0 Å². The normalized spacial score (nSPS) is 28.5. The maximum absolute atomic E-state index is 12.3. The second-order valence-corrected chi connectivity index (χ2v) is 6.26. The summed E-state index contributed by atoms with van der Waals surface area (Å²) in [5.74, 6) is -0.283. The Morgan fingerprint density at radius 2 is 1.83 bits per heavy atom. The first-order valence-corrected chi connectivity index (χ1v) is 8.27. The fourth-order valence-corrected chi connectivity index (χ4v) is 2.94. The standard InChI is InChI=1S/C17H24N2O5/c20-15-11-24-10-14(16(15)21)18-17(22)13-3-1-12(2-4-13)9-19-5-7-23-8-6-19/h1-4,14-16,20-21H,5-11H2,(H,18,22)/t14-,15-,16+/m1/s1. The molecule has 2 heterocycles. The number of aliphatic hydroxyl groups is 2. The Labute approximate surface area is 141 Å². The van der Waals surface area contributed by atoms with Crippen molar-refractivity contribution in [2.75, 3.05) is 39.5 Å². The van der Waals surface area contributed by atoms with Crippen LogP contribution in [0.2, 0.25) is 0 Å². The highest BCUT2D eigenvalue weighted by Gasteiger charge is 2.32. The summed E-state index contributed by atoms with van der Waals surface area (Å²) in [4.78, 5) is 14.6. The summed E-state index contributed by atoms with van der Waals surface area (Å²) in [6.45, 7) is 4.49. The lowest BCUT2D eigenvalue weighted by atomic mass is 10.0. The van der Waals surface area contributed by atoms with Gasteiger partial charge in [0.1, 0.15) is 12.2 Å². The number of hydrogen-bond acceptors (Lipinski definition) is 6. The van der Waals surface area contributed by atoms with Gasteiger partial charge in [-0.15, -0.1) is 0 Å². The van der Waals surface area contributed by atoms with Gasteiger partial charge in [0.15, 0.2) is 0 Å². The van der Waals surface area contributed by atoms with Crippen molar-refractivity contribution >= 4 is 5.91 Å². The number of carbonyl (C=O) groups is 1. The number of nitrogens with one attached hydrogen (secondary N) is 1. The molecule has 3 rings (SSSR count). The van der Waals surface area contributed by atoms with E-state index in [9.17, 15) is 15.0 Å². The van der Waals surface area contributed by atoms with Crippen molar-refractivity contribution in [1.82, 2.24) is 10.2 Å². The Balaban J connectivity index is 1.55. The Morgan fingerprint density at radius 1 is 1.12 bits per heavy atom. The zero-order chi connectivity index (χ0) is 16.9. The molecule has 0 bridgehead atoms. The number of carbonyl (C=O) groups excluding carboxylic acids is 1. The summed E-state index contributed by atoms with van der Waals surface area (Å²) in [7, 11) is 0. The van der Waals surface area contributed by atoms with Crippen molar-refractivity contribution in [2.45, 2.75) is 24.8 Å². The van der Waals surface area contributed by atoms with E-state index in [0.29, 0.717) is 5.56 Å². The summed E-state index contributed by atoms with van der Waals surface area (Å²) < 4.78 is 10.5. The molecule has 1 aromatic carbocycles. The van der Waals surface area contributed by atoms with Gasteiger partial charge in [0.25, 0.3) is 5.91 Å². The molecule has 1 aromatic rings. The lowest BCUT2D eigenvalue weighted by Gasteiger charge is -2.32. The van der Waals surface area contributed by atoms with Crippen molar-refractivity contribution < 1.29 is 24.5 Å². The SMILES string of the molecule is O=C(N[C@@H]1COC[C@@H](O)[C@H]1O)c1ccc(CN2CCOCC2)cc1. The van der Waals surface area contributed by atoms with Crippen molar-refractivity contribution in [3.05, 3.63) is 35.4 Å². The van der Waals surface area contributed by atoms with E-state index in [2.05, 4.69) is 10.2 Å². The largest absolute Gasteiger partial charge is 0.388 e. The van der Waals surface area contributed by atoms with Gasteiger partial charge in [-0.1, -0.05) is 12.1 Å². The third kappa shape index (κ3) is 4.31. The fraction of sp³-hybridized carbons (Fsp3) is 0.588. The van der Waals surface area contributed by atoms with E-state index in [-0.39, 0.29) is 19.1 Å². The van der Waals surface area contributed by atoms with Gasteiger partial charge in [-0.2, -0.15) is 0 Å². The number of benzene rings is 1. The summed E-state index contributed by atoms with van der Waals surface area (Å²) >= 11 is 0. The molecule has 24 heavy (non-hydrogen) atoms. The molecule has 2 saturated heterocycles.